The number of benzene rings is 3. The van der Waals surface area contributed by atoms with Crippen molar-refractivity contribution in [1.29, 1.82) is 0 Å². The fourth-order valence-corrected chi connectivity index (χ4v) is 4.57. The summed E-state index contributed by atoms with van der Waals surface area (Å²) in [5, 5.41) is 6.57. The van der Waals surface area contributed by atoms with Gasteiger partial charge in [-0.05, 0) is 73.0 Å². The van der Waals surface area contributed by atoms with E-state index in [1.807, 2.05) is 42.5 Å². The number of hydrogen-bond acceptors (Lipinski definition) is 4. The van der Waals surface area contributed by atoms with Crippen molar-refractivity contribution in [3.63, 3.8) is 0 Å². The van der Waals surface area contributed by atoms with Gasteiger partial charge in [0.1, 0.15) is 18.6 Å². The number of hydrogen-bond donors (Lipinski definition) is 2. The van der Waals surface area contributed by atoms with Crippen molar-refractivity contribution in [2.24, 2.45) is 0 Å². The van der Waals surface area contributed by atoms with Gasteiger partial charge >= 0.3 is 0 Å². The fraction of sp³-hybridized carbons (Fsp3) is 0.367. The van der Waals surface area contributed by atoms with Crippen LogP contribution in [0.5, 0.6) is 5.75 Å². The molecule has 5 heteroatoms. The zero-order chi connectivity index (χ0) is 24.5. The molecule has 3 aromatic carbocycles. The standard InChI is InChI=1S/C30H36N2O3/c1-3-19-31-27-20-26-13-7-11-24(29(26)35-21-27)12-8-14-28(34-2)32-30(33)25-17-15-23(16-18-25)22-9-5-4-6-10-22/h4-7,9-11,13,15-18,27-28,31H,3,8,12,14,19-21H2,1-2H3,(H,32,33)/t27-,28?/m0/s1. The number of nitrogens with one attached hydrogen (secondary N) is 2. The van der Waals surface area contributed by atoms with Crippen molar-refractivity contribution in [1.82, 2.24) is 10.6 Å². The number of carbonyl (C=O) groups is 1. The van der Waals surface area contributed by atoms with Crippen LogP contribution in [0.4, 0.5) is 0 Å². The summed E-state index contributed by atoms with van der Waals surface area (Å²) >= 11 is 0. The lowest BCUT2D eigenvalue weighted by molar-refractivity contribution is 0.0529. The van der Waals surface area contributed by atoms with Gasteiger partial charge in [0.05, 0.1) is 0 Å². The van der Waals surface area contributed by atoms with E-state index in [2.05, 4.69) is 47.9 Å². The van der Waals surface area contributed by atoms with Gasteiger partial charge in [-0.15, -0.1) is 0 Å². The summed E-state index contributed by atoms with van der Waals surface area (Å²) in [6.07, 6.45) is 4.30. The molecule has 2 N–H and O–H groups in total. The van der Waals surface area contributed by atoms with E-state index in [0.717, 1.165) is 55.5 Å². The second-order valence-corrected chi connectivity index (χ2v) is 9.10. The normalized spacial score (nSPS) is 15.7. The van der Waals surface area contributed by atoms with Gasteiger partial charge in [0.25, 0.3) is 5.91 Å². The van der Waals surface area contributed by atoms with E-state index in [4.69, 9.17) is 9.47 Å². The number of para-hydroxylation sites is 1. The zero-order valence-electron chi connectivity index (χ0n) is 20.8. The molecule has 0 aromatic heterocycles. The van der Waals surface area contributed by atoms with Gasteiger partial charge in [0.15, 0.2) is 0 Å². The lowest BCUT2D eigenvalue weighted by atomic mass is 9.97. The molecule has 1 aliphatic heterocycles. The van der Waals surface area contributed by atoms with Crippen LogP contribution in [0.2, 0.25) is 0 Å². The molecule has 0 spiro atoms. The highest BCUT2D eigenvalue weighted by molar-refractivity contribution is 5.94. The molecule has 1 amide bonds. The Morgan fingerprint density at radius 3 is 2.54 bits per heavy atom. The Morgan fingerprint density at radius 2 is 1.80 bits per heavy atom. The zero-order valence-corrected chi connectivity index (χ0v) is 20.8. The average molecular weight is 473 g/mol. The Hall–Kier alpha value is -3.15. The number of amides is 1. The topological polar surface area (TPSA) is 59.6 Å². The van der Waals surface area contributed by atoms with Crippen molar-refractivity contribution < 1.29 is 14.3 Å². The third kappa shape index (κ3) is 6.71. The molecular weight excluding hydrogens is 436 g/mol. The van der Waals surface area contributed by atoms with Crippen molar-refractivity contribution in [2.45, 2.75) is 51.3 Å². The first-order chi connectivity index (χ1) is 17.2. The molecule has 1 unspecified atom stereocenters. The Morgan fingerprint density at radius 1 is 1.03 bits per heavy atom. The summed E-state index contributed by atoms with van der Waals surface area (Å²) in [4.78, 5) is 12.8. The number of rotatable bonds is 11. The quantitative estimate of drug-likeness (QED) is 0.368. The molecule has 3 aromatic rings. The molecule has 184 valence electrons. The van der Waals surface area contributed by atoms with Crippen molar-refractivity contribution in [3.8, 4) is 16.9 Å². The lowest BCUT2D eigenvalue weighted by Crippen LogP contribution is -2.39. The van der Waals surface area contributed by atoms with Crippen LogP contribution >= 0.6 is 0 Å². The van der Waals surface area contributed by atoms with Crippen LogP contribution in [-0.2, 0) is 17.6 Å². The first-order valence-corrected chi connectivity index (χ1v) is 12.6. The van der Waals surface area contributed by atoms with Crippen LogP contribution in [-0.4, -0.2) is 38.4 Å². The Labute approximate surface area is 208 Å². The Balaban J connectivity index is 1.29. The molecular formula is C30H36N2O3. The molecule has 0 saturated carbocycles. The number of fused-ring (bicyclic) bond motifs is 1. The van der Waals surface area contributed by atoms with Crippen LogP contribution in [0, 0.1) is 0 Å². The maximum atomic E-state index is 12.8. The fourth-order valence-electron chi connectivity index (χ4n) is 4.57. The van der Waals surface area contributed by atoms with Gasteiger partial charge in [-0.25, -0.2) is 0 Å². The number of carbonyl (C=O) groups excluding carboxylic acids is 1. The SMILES string of the molecule is CCCN[C@@H]1COc2c(CCCC(NC(=O)c3ccc(-c4ccccc4)cc3)OC)cccc2C1. The average Bonchev–Trinajstić information content (AvgIpc) is 2.91. The predicted molar refractivity (Wildman–Crippen MR) is 141 cm³/mol. The molecule has 5 nitrogen and oxygen atoms in total. The summed E-state index contributed by atoms with van der Waals surface area (Å²) in [5.74, 6) is 0.918. The van der Waals surface area contributed by atoms with Crippen LogP contribution in [0.15, 0.2) is 72.8 Å². The minimum Gasteiger partial charge on any atom is -0.491 e. The third-order valence-electron chi connectivity index (χ3n) is 6.50. The maximum Gasteiger partial charge on any atom is 0.253 e. The predicted octanol–water partition coefficient (Wildman–Crippen LogP) is 5.38. The van der Waals surface area contributed by atoms with Gasteiger partial charge < -0.3 is 20.1 Å². The van der Waals surface area contributed by atoms with Crippen LogP contribution in [0.3, 0.4) is 0 Å². The van der Waals surface area contributed by atoms with Crippen LogP contribution in [0.25, 0.3) is 11.1 Å². The minimum absolute atomic E-state index is 0.123. The monoisotopic (exact) mass is 472 g/mol. The van der Waals surface area contributed by atoms with Gasteiger partial charge in [0.2, 0.25) is 0 Å². The Bertz CT molecular complexity index is 1080. The van der Waals surface area contributed by atoms with E-state index in [0.29, 0.717) is 18.2 Å². The van der Waals surface area contributed by atoms with Gasteiger partial charge in [-0.3, -0.25) is 4.79 Å². The molecule has 2 atom stereocenters. The van der Waals surface area contributed by atoms with E-state index in [9.17, 15) is 4.79 Å². The molecule has 0 bridgehead atoms. The summed E-state index contributed by atoms with van der Waals surface area (Å²) in [7, 11) is 1.64. The summed E-state index contributed by atoms with van der Waals surface area (Å²) in [6.45, 7) is 3.91. The van der Waals surface area contributed by atoms with E-state index < -0.39 is 0 Å². The molecule has 35 heavy (non-hydrogen) atoms. The van der Waals surface area contributed by atoms with Crippen molar-refractivity contribution in [2.75, 3.05) is 20.3 Å². The van der Waals surface area contributed by atoms with E-state index in [-0.39, 0.29) is 12.1 Å². The van der Waals surface area contributed by atoms with Gasteiger partial charge in [-0.1, -0.05) is 67.6 Å². The molecule has 0 saturated heterocycles. The molecule has 4 rings (SSSR count). The van der Waals surface area contributed by atoms with E-state index in [1.165, 1.54) is 11.1 Å². The minimum atomic E-state index is -0.334. The smallest absolute Gasteiger partial charge is 0.253 e. The number of ether oxygens (including phenoxy) is 2. The third-order valence-corrected chi connectivity index (χ3v) is 6.50. The molecule has 1 heterocycles. The molecule has 0 radical (unpaired) electrons. The largest absolute Gasteiger partial charge is 0.491 e. The highest BCUT2D eigenvalue weighted by atomic mass is 16.5. The van der Waals surface area contributed by atoms with Crippen molar-refractivity contribution >= 4 is 5.91 Å². The molecule has 1 aliphatic rings. The molecule has 0 fully saturated rings. The molecule has 0 aliphatic carbocycles. The lowest BCUT2D eigenvalue weighted by Gasteiger charge is -2.28. The van der Waals surface area contributed by atoms with Gasteiger partial charge in [-0.2, -0.15) is 0 Å². The van der Waals surface area contributed by atoms with Gasteiger partial charge in [0, 0.05) is 18.7 Å². The van der Waals surface area contributed by atoms with Crippen molar-refractivity contribution in [3.05, 3.63) is 89.5 Å². The first kappa shape index (κ1) is 25.0. The second-order valence-electron chi connectivity index (χ2n) is 9.10. The second kappa shape index (κ2) is 12.5. The Kier molecular flexibility index (Phi) is 8.93. The van der Waals surface area contributed by atoms with E-state index >= 15 is 0 Å². The first-order valence-electron chi connectivity index (χ1n) is 12.6. The van der Waals surface area contributed by atoms with E-state index in [1.54, 1.807) is 7.11 Å². The number of methoxy groups -OCH3 is 1. The summed E-state index contributed by atoms with van der Waals surface area (Å²) < 4.78 is 11.7. The summed E-state index contributed by atoms with van der Waals surface area (Å²) in [6, 6.07) is 24.6. The van der Waals surface area contributed by atoms with Crippen LogP contribution in [0.1, 0.15) is 47.7 Å². The summed E-state index contributed by atoms with van der Waals surface area (Å²) in [5.41, 5.74) is 5.36. The highest BCUT2D eigenvalue weighted by Crippen LogP contribution is 2.30. The number of aryl methyl sites for hydroxylation is 1. The maximum absolute atomic E-state index is 12.8. The highest BCUT2D eigenvalue weighted by Gasteiger charge is 2.21. The van der Waals surface area contributed by atoms with Crippen LogP contribution < -0.4 is 15.4 Å².